The van der Waals surface area contributed by atoms with Crippen LogP contribution in [-0.2, 0) is 11.0 Å². The van der Waals surface area contributed by atoms with Crippen LogP contribution in [0.15, 0.2) is 126 Å². The van der Waals surface area contributed by atoms with Crippen LogP contribution >= 0.6 is 0 Å². The zero-order valence-electron chi connectivity index (χ0n) is 26.7. The molecule has 5 aromatic rings. The van der Waals surface area contributed by atoms with Crippen molar-refractivity contribution in [1.82, 2.24) is 0 Å². The van der Waals surface area contributed by atoms with Gasteiger partial charge in [-0.2, -0.15) is 5.26 Å². The van der Waals surface area contributed by atoms with Gasteiger partial charge in [-0.1, -0.05) is 111 Å². The molecule has 0 radical (unpaired) electrons. The van der Waals surface area contributed by atoms with Gasteiger partial charge in [0, 0.05) is 27.8 Å². The predicted octanol–water partition coefficient (Wildman–Crippen LogP) is 10.4. The molecule has 1 heterocycles. The van der Waals surface area contributed by atoms with Crippen LogP contribution in [0.1, 0.15) is 65.1 Å². The van der Waals surface area contributed by atoms with E-state index in [1.165, 1.54) is 49.9 Å². The predicted molar refractivity (Wildman–Crippen MR) is 190 cm³/mol. The molecule has 226 valence electrons. The molecule has 0 spiro atoms. The average Bonchev–Trinajstić information content (AvgIpc) is 3.37. The second-order valence-corrected chi connectivity index (χ2v) is 13.5. The molecule has 1 aliphatic heterocycles. The van der Waals surface area contributed by atoms with Crippen molar-refractivity contribution in [3.63, 3.8) is 0 Å². The van der Waals surface area contributed by atoms with E-state index in [0.717, 1.165) is 34.4 Å². The molecule has 0 fully saturated rings. The summed E-state index contributed by atoms with van der Waals surface area (Å²) in [4.78, 5) is 0. The lowest BCUT2D eigenvalue weighted by molar-refractivity contribution is 0.153. The minimum atomic E-state index is -0.821. The Labute approximate surface area is 275 Å². The molecule has 9 rings (SSSR count). The summed E-state index contributed by atoms with van der Waals surface area (Å²) in [7, 11) is 1.70. The zero-order valence-corrected chi connectivity index (χ0v) is 26.7. The van der Waals surface area contributed by atoms with Gasteiger partial charge < -0.3 is 9.47 Å². The minimum Gasteiger partial charge on any atom is -0.497 e. The quantitative estimate of drug-likeness (QED) is 0.205. The summed E-state index contributed by atoms with van der Waals surface area (Å²) in [5, 5.41) is 12.0. The molecule has 2 atom stereocenters. The first-order valence-corrected chi connectivity index (χ1v) is 16.3. The van der Waals surface area contributed by atoms with Crippen LogP contribution in [0.4, 0.5) is 0 Å². The normalized spacial score (nSPS) is 20.9. The van der Waals surface area contributed by atoms with E-state index in [2.05, 4.69) is 129 Å². The lowest BCUT2D eigenvalue weighted by atomic mass is 9.71. The highest BCUT2D eigenvalue weighted by molar-refractivity contribution is 6.08. The molecular formula is C44H33NO2. The number of benzene rings is 5. The highest BCUT2D eigenvalue weighted by Crippen LogP contribution is 2.59. The summed E-state index contributed by atoms with van der Waals surface area (Å²) in [6, 6.07) is 34.2. The molecule has 0 N–H and O–H groups in total. The lowest BCUT2D eigenvalue weighted by Gasteiger charge is -2.42. The Kier molecular flexibility index (Phi) is 5.87. The first-order valence-electron chi connectivity index (χ1n) is 16.3. The first-order chi connectivity index (χ1) is 22.9. The molecule has 0 bridgehead atoms. The van der Waals surface area contributed by atoms with Crippen LogP contribution < -0.4 is 9.47 Å². The fraction of sp³-hybridized carbons (Fsp3) is 0.159. The highest BCUT2D eigenvalue weighted by Gasteiger charge is 2.46. The van der Waals surface area contributed by atoms with E-state index in [1.54, 1.807) is 7.11 Å². The molecule has 2 unspecified atom stereocenters. The molecule has 0 aromatic heterocycles. The maximum Gasteiger partial charge on any atom is 0.174 e. The Balaban J connectivity index is 1.28. The molecule has 5 aromatic carbocycles. The van der Waals surface area contributed by atoms with E-state index in [9.17, 15) is 5.26 Å². The van der Waals surface area contributed by atoms with Crippen LogP contribution in [0.2, 0.25) is 0 Å². The maximum absolute atomic E-state index is 9.77. The largest absolute Gasteiger partial charge is 0.497 e. The number of ether oxygens (including phenoxy) is 2. The molecule has 3 aliphatic carbocycles. The number of hydrogen-bond donors (Lipinski definition) is 0. The summed E-state index contributed by atoms with van der Waals surface area (Å²) >= 11 is 0. The van der Waals surface area contributed by atoms with Gasteiger partial charge in [-0.15, -0.1) is 0 Å². The van der Waals surface area contributed by atoms with Crippen molar-refractivity contribution < 1.29 is 9.47 Å². The first kappa shape index (κ1) is 27.7. The Morgan fingerprint density at radius 1 is 0.851 bits per heavy atom. The summed E-state index contributed by atoms with van der Waals surface area (Å²) in [6.07, 6.45) is 14.5. The second-order valence-electron chi connectivity index (χ2n) is 13.5. The van der Waals surface area contributed by atoms with Gasteiger partial charge in [-0.25, -0.2) is 0 Å². The van der Waals surface area contributed by atoms with Crippen LogP contribution in [-0.4, -0.2) is 7.11 Å². The summed E-state index contributed by atoms with van der Waals surface area (Å²) in [5.41, 5.74) is 11.8. The average molecular weight is 608 g/mol. The number of hydrogen-bond acceptors (Lipinski definition) is 3. The minimum absolute atomic E-state index is 0.254. The van der Waals surface area contributed by atoms with Gasteiger partial charge in [0.25, 0.3) is 0 Å². The van der Waals surface area contributed by atoms with Crippen molar-refractivity contribution >= 4 is 22.9 Å². The Hall–Kier alpha value is -5.59. The van der Waals surface area contributed by atoms with Crippen molar-refractivity contribution in [3.05, 3.63) is 165 Å². The fourth-order valence-corrected chi connectivity index (χ4v) is 8.48. The summed E-state index contributed by atoms with van der Waals surface area (Å²) in [6.45, 7) is 4.55. The van der Waals surface area contributed by atoms with E-state index in [4.69, 9.17) is 9.47 Å². The Morgan fingerprint density at radius 2 is 1.64 bits per heavy atom. The fourth-order valence-electron chi connectivity index (χ4n) is 8.48. The van der Waals surface area contributed by atoms with E-state index in [-0.39, 0.29) is 11.3 Å². The van der Waals surface area contributed by atoms with Gasteiger partial charge >= 0.3 is 0 Å². The molecule has 3 nitrogen and oxygen atoms in total. The maximum atomic E-state index is 9.77. The molecule has 0 amide bonds. The molecule has 47 heavy (non-hydrogen) atoms. The topological polar surface area (TPSA) is 42.2 Å². The smallest absolute Gasteiger partial charge is 0.174 e. The van der Waals surface area contributed by atoms with Crippen molar-refractivity contribution in [2.75, 3.05) is 7.11 Å². The van der Waals surface area contributed by atoms with Gasteiger partial charge in [-0.05, 0) is 86.7 Å². The second kappa shape index (κ2) is 9.95. The van der Waals surface area contributed by atoms with E-state index >= 15 is 0 Å². The van der Waals surface area contributed by atoms with Crippen LogP contribution in [0.3, 0.4) is 0 Å². The monoisotopic (exact) mass is 607 g/mol. The number of fused-ring (bicyclic) bond motifs is 11. The molecule has 0 saturated heterocycles. The van der Waals surface area contributed by atoms with Gasteiger partial charge in [0.1, 0.15) is 11.5 Å². The number of nitriles is 1. The van der Waals surface area contributed by atoms with Gasteiger partial charge in [0.05, 0.1) is 18.7 Å². The number of nitrogens with zero attached hydrogens (tertiary/aromatic N) is 1. The third-order valence-corrected chi connectivity index (χ3v) is 10.8. The highest BCUT2D eigenvalue weighted by atomic mass is 16.5. The van der Waals surface area contributed by atoms with Crippen molar-refractivity contribution in [2.45, 2.75) is 37.2 Å². The van der Waals surface area contributed by atoms with Crippen molar-refractivity contribution in [3.8, 4) is 28.7 Å². The van der Waals surface area contributed by atoms with Crippen molar-refractivity contribution in [1.29, 1.82) is 5.26 Å². The molecule has 3 heteroatoms. The number of allylic oxidation sites excluding steroid dienone is 4. The number of methoxy groups -OCH3 is 1. The third-order valence-electron chi connectivity index (χ3n) is 10.8. The third kappa shape index (κ3) is 3.85. The van der Waals surface area contributed by atoms with E-state index in [0.29, 0.717) is 5.56 Å². The van der Waals surface area contributed by atoms with Crippen molar-refractivity contribution in [2.24, 2.45) is 0 Å². The van der Waals surface area contributed by atoms with Gasteiger partial charge in [-0.3, -0.25) is 0 Å². The van der Waals surface area contributed by atoms with E-state index in [1.807, 2.05) is 18.2 Å². The Bertz CT molecular complexity index is 2330. The van der Waals surface area contributed by atoms with Crippen LogP contribution in [0.25, 0.3) is 34.1 Å². The van der Waals surface area contributed by atoms with Crippen LogP contribution in [0.5, 0.6) is 11.5 Å². The lowest BCUT2D eigenvalue weighted by Crippen LogP contribution is -2.37. The summed E-state index contributed by atoms with van der Waals surface area (Å²) in [5.74, 6) is 1.97. The zero-order chi connectivity index (χ0) is 31.9. The summed E-state index contributed by atoms with van der Waals surface area (Å²) < 4.78 is 13.1. The van der Waals surface area contributed by atoms with Crippen LogP contribution in [0, 0.1) is 11.3 Å². The molecular weight excluding hydrogens is 574 g/mol. The number of rotatable bonds is 3. The van der Waals surface area contributed by atoms with E-state index < -0.39 is 5.60 Å². The molecule has 4 aliphatic rings. The van der Waals surface area contributed by atoms with Gasteiger partial charge in [0.15, 0.2) is 5.60 Å². The van der Waals surface area contributed by atoms with Gasteiger partial charge in [0.2, 0.25) is 0 Å². The standard InChI is InChI=1S/C44H33NO2/c1-43(2)39-24-27(26-45)12-21-36(39)40-34-10-6-7-11-35(34)42-37(41(40)43)22-23-44(47-42,30-17-19-32(46-3)20-18-30)31-16-15-29-14-13-28-8-4-5-9-33(28)38(29)25-31/h4-24,38H,25H2,1-3H3. The SMILES string of the molecule is COc1ccc(C2(C3=CC=C4C=Cc5ccccc5C4C3)C=Cc3c4c(c5ccccc5c3O2)-c2ccc(C#N)cc2C4(C)C)cc1. The molecule has 0 saturated carbocycles. The Morgan fingerprint density at radius 3 is 2.45 bits per heavy atom.